The van der Waals surface area contributed by atoms with Crippen LogP contribution in [0.1, 0.15) is 24.2 Å². The van der Waals surface area contributed by atoms with Gasteiger partial charge in [-0.15, -0.1) is 0 Å². The van der Waals surface area contributed by atoms with Crippen LogP contribution < -0.4 is 14.8 Å². The van der Waals surface area contributed by atoms with Crippen LogP contribution in [0.25, 0.3) is 0 Å². The topological polar surface area (TPSA) is 96.5 Å². The Morgan fingerprint density at radius 2 is 2.14 bits per heavy atom. The van der Waals surface area contributed by atoms with E-state index >= 15 is 0 Å². The SMILES string of the molecule is CNC(=O)N(CC=O)Cc1cnc(CNSc2cccc(OCC3CC3)c2)nc1. The number of hydrogen-bond donors (Lipinski definition) is 2. The number of rotatable bonds is 11. The van der Waals surface area contributed by atoms with E-state index in [0.717, 1.165) is 28.7 Å². The van der Waals surface area contributed by atoms with Crippen LogP contribution in [0.2, 0.25) is 0 Å². The minimum atomic E-state index is -0.317. The molecule has 2 amide bonds. The summed E-state index contributed by atoms with van der Waals surface area (Å²) in [5.74, 6) is 2.26. The molecule has 2 aromatic rings. The van der Waals surface area contributed by atoms with Gasteiger partial charge in [-0.1, -0.05) is 6.07 Å². The molecule has 0 atom stereocenters. The number of ether oxygens (including phenoxy) is 1. The third kappa shape index (κ3) is 7.03. The van der Waals surface area contributed by atoms with Crippen LogP contribution in [0.3, 0.4) is 0 Å². The molecule has 1 aromatic carbocycles. The summed E-state index contributed by atoms with van der Waals surface area (Å²) in [6.07, 6.45) is 6.58. The Morgan fingerprint density at radius 3 is 2.83 bits per heavy atom. The van der Waals surface area contributed by atoms with E-state index in [4.69, 9.17) is 4.74 Å². The fourth-order valence-electron chi connectivity index (χ4n) is 2.55. The van der Waals surface area contributed by atoms with E-state index in [-0.39, 0.29) is 19.1 Å². The van der Waals surface area contributed by atoms with Crippen molar-refractivity contribution in [3.63, 3.8) is 0 Å². The van der Waals surface area contributed by atoms with Gasteiger partial charge in [0, 0.05) is 29.9 Å². The lowest BCUT2D eigenvalue weighted by molar-refractivity contribution is -0.108. The lowest BCUT2D eigenvalue weighted by Crippen LogP contribution is -2.38. The molecule has 2 N–H and O–H groups in total. The Bertz CT molecular complexity index is 814. The van der Waals surface area contributed by atoms with Gasteiger partial charge in [0.1, 0.15) is 17.9 Å². The van der Waals surface area contributed by atoms with Gasteiger partial charge in [-0.05, 0) is 48.9 Å². The van der Waals surface area contributed by atoms with Crippen molar-refractivity contribution in [3.8, 4) is 5.75 Å². The Kier molecular flexibility index (Phi) is 7.83. The van der Waals surface area contributed by atoms with Crippen molar-refractivity contribution in [3.05, 3.63) is 48.0 Å². The van der Waals surface area contributed by atoms with Gasteiger partial charge in [-0.2, -0.15) is 0 Å². The second-order valence-corrected chi connectivity index (χ2v) is 7.73. The number of hydrogen-bond acceptors (Lipinski definition) is 7. The molecule has 1 fully saturated rings. The van der Waals surface area contributed by atoms with Gasteiger partial charge in [0.15, 0.2) is 0 Å². The summed E-state index contributed by atoms with van der Waals surface area (Å²) < 4.78 is 9.05. The van der Waals surface area contributed by atoms with Crippen LogP contribution in [0.15, 0.2) is 41.6 Å². The van der Waals surface area contributed by atoms with Gasteiger partial charge in [0.25, 0.3) is 0 Å². The van der Waals surface area contributed by atoms with Crippen LogP contribution in [0.5, 0.6) is 5.75 Å². The normalized spacial score (nSPS) is 13.0. The Balaban J connectivity index is 1.45. The zero-order chi connectivity index (χ0) is 20.5. The summed E-state index contributed by atoms with van der Waals surface area (Å²) in [6.45, 7) is 1.58. The number of nitrogens with zero attached hydrogens (tertiary/aromatic N) is 3. The molecule has 0 unspecified atom stereocenters. The van der Waals surface area contributed by atoms with Gasteiger partial charge >= 0.3 is 6.03 Å². The third-order valence-corrected chi connectivity index (χ3v) is 5.11. The molecule has 8 nitrogen and oxygen atoms in total. The molecule has 3 rings (SSSR count). The van der Waals surface area contributed by atoms with Crippen molar-refractivity contribution in [2.75, 3.05) is 20.2 Å². The van der Waals surface area contributed by atoms with E-state index in [0.29, 0.717) is 18.7 Å². The molecule has 0 bridgehead atoms. The molecule has 1 aliphatic rings. The standard InChI is InChI=1S/C20H25N5O3S/c1-21-20(27)25(7-8-26)13-16-10-22-19(23-11-16)12-24-29-18-4-2-3-17(9-18)28-14-15-5-6-15/h2-4,8-11,15,24H,5-7,12-14H2,1H3,(H,21,27). The summed E-state index contributed by atoms with van der Waals surface area (Å²) in [6, 6.07) is 7.68. The van der Waals surface area contributed by atoms with E-state index in [2.05, 4.69) is 20.0 Å². The molecular formula is C20H25N5O3S. The molecule has 9 heteroatoms. The van der Waals surface area contributed by atoms with Gasteiger partial charge in [0.2, 0.25) is 0 Å². The van der Waals surface area contributed by atoms with Crippen molar-refractivity contribution in [2.24, 2.45) is 5.92 Å². The first-order chi connectivity index (χ1) is 14.2. The number of carbonyl (C=O) groups is 2. The Hall–Kier alpha value is -2.65. The van der Waals surface area contributed by atoms with Crippen LogP contribution in [0, 0.1) is 5.92 Å². The first-order valence-corrected chi connectivity index (χ1v) is 10.3. The zero-order valence-electron chi connectivity index (χ0n) is 16.3. The summed E-state index contributed by atoms with van der Waals surface area (Å²) in [5.41, 5.74) is 0.757. The van der Waals surface area contributed by atoms with E-state index in [1.165, 1.54) is 36.7 Å². The predicted octanol–water partition coefficient (Wildman–Crippen LogP) is 2.40. The number of urea groups is 1. The molecule has 29 heavy (non-hydrogen) atoms. The fourth-order valence-corrected chi connectivity index (χ4v) is 3.24. The Morgan fingerprint density at radius 1 is 1.34 bits per heavy atom. The number of aldehydes is 1. The largest absolute Gasteiger partial charge is 0.493 e. The van der Waals surface area contributed by atoms with Crippen LogP contribution in [-0.4, -0.2) is 47.4 Å². The summed E-state index contributed by atoms with van der Waals surface area (Å²) in [4.78, 5) is 33.6. The molecule has 1 saturated carbocycles. The van der Waals surface area contributed by atoms with Crippen molar-refractivity contribution >= 4 is 24.3 Å². The minimum absolute atomic E-state index is 0.0169. The predicted molar refractivity (Wildman–Crippen MR) is 110 cm³/mol. The summed E-state index contributed by atoms with van der Waals surface area (Å²) in [7, 11) is 1.53. The molecule has 0 aliphatic heterocycles. The highest BCUT2D eigenvalue weighted by Gasteiger charge is 2.21. The van der Waals surface area contributed by atoms with Gasteiger partial charge in [0.05, 0.1) is 26.2 Å². The lowest BCUT2D eigenvalue weighted by atomic mass is 10.3. The molecule has 1 aliphatic carbocycles. The van der Waals surface area contributed by atoms with Crippen LogP contribution in [-0.2, 0) is 17.9 Å². The van der Waals surface area contributed by atoms with Crippen molar-refractivity contribution in [1.82, 2.24) is 24.9 Å². The van der Waals surface area contributed by atoms with Crippen LogP contribution in [0.4, 0.5) is 4.79 Å². The van der Waals surface area contributed by atoms with E-state index in [1.54, 1.807) is 12.4 Å². The van der Waals surface area contributed by atoms with E-state index < -0.39 is 0 Å². The first-order valence-electron chi connectivity index (χ1n) is 9.50. The number of aromatic nitrogens is 2. The summed E-state index contributed by atoms with van der Waals surface area (Å²) >= 11 is 1.50. The van der Waals surface area contributed by atoms with Gasteiger partial charge in [-0.3, -0.25) is 4.72 Å². The average Bonchev–Trinajstić information content (AvgIpc) is 3.57. The quantitative estimate of drug-likeness (QED) is 0.430. The minimum Gasteiger partial charge on any atom is -0.493 e. The highest BCUT2D eigenvalue weighted by Crippen LogP contribution is 2.30. The smallest absolute Gasteiger partial charge is 0.317 e. The fraction of sp³-hybridized carbons (Fsp3) is 0.400. The second-order valence-electron chi connectivity index (χ2n) is 6.76. The number of amides is 2. The maximum Gasteiger partial charge on any atom is 0.317 e. The lowest BCUT2D eigenvalue weighted by Gasteiger charge is -2.19. The van der Waals surface area contributed by atoms with Crippen molar-refractivity contribution in [1.29, 1.82) is 0 Å². The van der Waals surface area contributed by atoms with Crippen molar-refractivity contribution < 1.29 is 14.3 Å². The van der Waals surface area contributed by atoms with E-state index in [1.807, 2.05) is 24.3 Å². The second kappa shape index (κ2) is 10.8. The van der Waals surface area contributed by atoms with Crippen molar-refractivity contribution in [2.45, 2.75) is 30.8 Å². The third-order valence-electron chi connectivity index (χ3n) is 4.34. The van der Waals surface area contributed by atoms with Gasteiger partial charge < -0.3 is 19.7 Å². The van der Waals surface area contributed by atoms with Gasteiger partial charge in [-0.25, -0.2) is 14.8 Å². The molecule has 0 saturated heterocycles. The number of nitrogens with one attached hydrogen (secondary N) is 2. The van der Waals surface area contributed by atoms with E-state index in [9.17, 15) is 9.59 Å². The molecule has 1 aromatic heterocycles. The summed E-state index contributed by atoms with van der Waals surface area (Å²) in [5, 5.41) is 2.51. The highest BCUT2D eigenvalue weighted by molar-refractivity contribution is 7.97. The zero-order valence-corrected chi connectivity index (χ0v) is 17.2. The molecule has 0 spiro atoms. The highest BCUT2D eigenvalue weighted by atomic mass is 32.2. The molecule has 0 radical (unpaired) electrons. The van der Waals surface area contributed by atoms with Crippen LogP contribution >= 0.6 is 11.9 Å². The monoisotopic (exact) mass is 415 g/mol. The molecular weight excluding hydrogens is 390 g/mol. The first kappa shape index (κ1) is 21.1. The number of carbonyl (C=O) groups excluding carboxylic acids is 2. The molecule has 1 heterocycles. The molecule has 154 valence electrons. The Labute approximate surface area is 174 Å². The maximum absolute atomic E-state index is 11.7. The average molecular weight is 416 g/mol. The maximum atomic E-state index is 11.7. The number of benzene rings is 1.